The summed E-state index contributed by atoms with van der Waals surface area (Å²) in [6.45, 7) is 2.94. The van der Waals surface area contributed by atoms with Gasteiger partial charge in [-0.3, -0.25) is 9.59 Å². The molecule has 0 saturated heterocycles. The molecule has 1 aromatic heterocycles. The molecule has 6 nitrogen and oxygen atoms in total. The van der Waals surface area contributed by atoms with Gasteiger partial charge in [0.15, 0.2) is 5.13 Å². The molecule has 0 spiro atoms. The van der Waals surface area contributed by atoms with E-state index < -0.39 is 0 Å². The number of esters is 1. The first-order chi connectivity index (χ1) is 9.01. The molecule has 1 heterocycles. The number of rotatable bonds is 7. The highest BCUT2D eigenvalue weighted by Crippen LogP contribution is 2.16. The molecule has 1 rings (SSSR count). The van der Waals surface area contributed by atoms with E-state index in [1.54, 1.807) is 0 Å². The maximum absolute atomic E-state index is 11.0. The number of aromatic nitrogens is 1. The zero-order valence-corrected chi connectivity index (χ0v) is 12.2. The summed E-state index contributed by atoms with van der Waals surface area (Å²) in [5, 5.41) is 5.19. The topological polar surface area (TPSA) is 71.5 Å². The highest BCUT2D eigenvalue weighted by atomic mass is 32.1. The van der Waals surface area contributed by atoms with E-state index in [4.69, 9.17) is 0 Å². The molecule has 0 aliphatic carbocycles. The monoisotopic (exact) mass is 285 g/mol. The zero-order valence-electron chi connectivity index (χ0n) is 11.4. The van der Waals surface area contributed by atoms with Gasteiger partial charge in [0.1, 0.15) is 0 Å². The van der Waals surface area contributed by atoms with Crippen LogP contribution in [-0.2, 0) is 20.9 Å². The predicted molar refractivity (Wildman–Crippen MR) is 74.0 cm³/mol. The van der Waals surface area contributed by atoms with E-state index in [-0.39, 0.29) is 11.9 Å². The average molecular weight is 285 g/mol. The van der Waals surface area contributed by atoms with Gasteiger partial charge >= 0.3 is 5.97 Å². The van der Waals surface area contributed by atoms with E-state index in [9.17, 15) is 9.59 Å². The fourth-order valence-corrected chi connectivity index (χ4v) is 2.29. The van der Waals surface area contributed by atoms with Crippen molar-refractivity contribution in [3.63, 3.8) is 0 Å². The first kappa shape index (κ1) is 15.6. The molecule has 106 valence electrons. The minimum Gasteiger partial charge on any atom is -0.469 e. The number of carbonyl (C=O) groups excluding carboxylic acids is 2. The van der Waals surface area contributed by atoms with Gasteiger partial charge in [0.05, 0.1) is 12.8 Å². The molecule has 19 heavy (non-hydrogen) atoms. The van der Waals surface area contributed by atoms with Crippen LogP contribution in [0.5, 0.6) is 0 Å². The molecule has 0 aromatic carbocycles. The zero-order chi connectivity index (χ0) is 14.3. The van der Waals surface area contributed by atoms with Crippen molar-refractivity contribution in [1.29, 1.82) is 0 Å². The Labute approximate surface area is 116 Å². The Balaban J connectivity index is 2.31. The van der Waals surface area contributed by atoms with Gasteiger partial charge in [0, 0.05) is 25.3 Å². The quantitative estimate of drug-likeness (QED) is 0.768. The molecule has 0 saturated carbocycles. The lowest BCUT2D eigenvalue weighted by Gasteiger charge is -2.14. The third-order valence-corrected chi connectivity index (χ3v) is 3.22. The number of amides is 1. The Morgan fingerprint density at radius 1 is 1.53 bits per heavy atom. The Hall–Kier alpha value is -1.47. The van der Waals surface area contributed by atoms with Gasteiger partial charge in [-0.05, 0) is 20.0 Å². The summed E-state index contributed by atoms with van der Waals surface area (Å²) in [5.74, 6) is -0.303. The standard InChI is InChI=1S/C12H19N3O3S/c1-9(16)13-12-14-10(8-19-12)7-15(2)6-4-5-11(17)18-3/h8H,4-7H2,1-3H3,(H,13,14,16). The number of carbonyl (C=O) groups is 2. The predicted octanol–water partition coefficient (Wildman–Crippen LogP) is 1.49. The average Bonchev–Trinajstić information content (AvgIpc) is 2.75. The van der Waals surface area contributed by atoms with Crippen molar-refractivity contribution in [1.82, 2.24) is 9.88 Å². The van der Waals surface area contributed by atoms with Gasteiger partial charge in [0.2, 0.25) is 5.91 Å². The van der Waals surface area contributed by atoms with Gasteiger partial charge in [-0.1, -0.05) is 0 Å². The molecule has 1 amide bonds. The molecule has 7 heteroatoms. The number of ether oxygens (including phenoxy) is 1. The molecule has 1 N–H and O–H groups in total. The summed E-state index contributed by atoms with van der Waals surface area (Å²) >= 11 is 1.41. The van der Waals surface area contributed by atoms with Crippen molar-refractivity contribution >= 4 is 28.3 Å². The minimum atomic E-state index is -0.185. The molecule has 0 aliphatic heterocycles. The number of hydrogen-bond donors (Lipinski definition) is 1. The van der Waals surface area contributed by atoms with Gasteiger partial charge in [-0.15, -0.1) is 11.3 Å². The number of thiazole rings is 1. The van der Waals surface area contributed by atoms with Crippen molar-refractivity contribution in [2.24, 2.45) is 0 Å². The van der Waals surface area contributed by atoms with Crippen LogP contribution < -0.4 is 5.32 Å². The van der Waals surface area contributed by atoms with Crippen molar-refractivity contribution in [2.75, 3.05) is 26.0 Å². The van der Waals surface area contributed by atoms with Crippen LogP contribution in [0.25, 0.3) is 0 Å². The van der Waals surface area contributed by atoms with E-state index in [0.29, 0.717) is 18.1 Å². The summed E-state index contributed by atoms with van der Waals surface area (Å²) in [6, 6.07) is 0. The Bertz CT molecular complexity index is 434. The summed E-state index contributed by atoms with van der Waals surface area (Å²) in [5.41, 5.74) is 0.911. The van der Waals surface area contributed by atoms with Crippen molar-refractivity contribution in [2.45, 2.75) is 26.3 Å². The number of nitrogens with zero attached hydrogens (tertiary/aromatic N) is 2. The minimum absolute atomic E-state index is 0.118. The van der Waals surface area contributed by atoms with Crippen LogP contribution in [0, 0.1) is 0 Å². The van der Waals surface area contributed by atoms with Crippen molar-refractivity contribution < 1.29 is 14.3 Å². The van der Waals surface area contributed by atoms with Crippen LogP contribution in [0.15, 0.2) is 5.38 Å². The first-order valence-corrected chi connectivity index (χ1v) is 6.86. The molecule has 0 unspecified atom stereocenters. The fourth-order valence-electron chi connectivity index (χ4n) is 1.54. The third-order valence-electron chi connectivity index (χ3n) is 2.42. The van der Waals surface area contributed by atoms with Crippen LogP contribution in [0.1, 0.15) is 25.5 Å². The normalized spacial score (nSPS) is 10.5. The maximum atomic E-state index is 11.0. The SMILES string of the molecule is COC(=O)CCCN(C)Cc1csc(NC(C)=O)n1. The van der Waals surface area contributed by atoms with Crippen LogP contribution in [0.4, 0.5) is 5.13 Å². The van der Waals surface area contributed by atoms with Gasteiger partial charge in [-0.25, -0.2) is 4.98 Å². The Morgan fingerprint density at radius 2 is 2.26 bits per heavy atom. The summed E-state index contributed by atoms with van der Waals surface area (Å²) < 4.78 is 4.58. The van der Waals surface area contributed by atoms with E-state index in [2.05, 4.69) is 19.9 Å². The first-order valence-electron chi connectivity index (χ1n) is 5.98. The molecule has 0 bridgehead atoms. The van der Waals surface area contributed by atoms with Crippen LogP contribution in [0.2, 0.25) is 0 Å². The maximum Gasteiger partial charge on any atom is 0.305 e. The van der Waals surface area contributed by atoms with E-state index >= 15 is 0 Å². The molecule has 0 radical (unpaired) electrons. The highest BCUT2D eigenvalue weighted by Gasteiger charge is 2.07. The Kier molecular flexibility index (Phi) is 6.44. The van der Waals surface area contributed by atoms with Crippen LogP contribution >= 0.6 is 11.3 Å². The summed E-state index contributed by atoms with van der Waals surface area (Å²) in [4.78, 5) is 28.2. The van der Waals surface area contributed by atoms with Crippen LogP contribution in [0.3, 0.4) is 0 Å². The van der Waals surface area contributed by atoms with E-state index in [1.165, 1.54) is 25.4 Å². The second-order valence-electron chi connectivity index (χ2n) is 4.24. The largest absolute Gasteiger partial charge is 0.469 e. The molecular weight excluding hydrogens is 266 g/mol. The lowest BCUT2D eigenvalue weighted by molar-refractivity contribution is -0.140. The molecule has 0 aliphatic rings. The molecule has 1 aromatic rings. The second-order valence-corrected chi connectivity index (χ2v) is 5.10. The van der Waals surface area contributed by atoms with E-state index in [0.717, 1.165) is 18.7 Å². The number of nitrogens with one attached hydrogen (secondary N) is 1. The number of anilines is 1. The van der Waals surface area contributed by atoms with Gasteiger partial charge in [0.25, 0.3) is 0 Å². The van der Waals surface area contributed by atoms with Crippen LogP contribution in [-0.4, -0.2) is 42.5 Å². The smallest absolute Gasteiger partial charge is 0.305 e. The summed E-state index contributed by atoms with van der Waals surface area (Å²) in [7, 11) is 3.36. The summed E-state index contributed by atoms with van der Waals surface area (Å²) in [6.07, 6.45) is 1.18. The number of methoxy groups -OCH3 is 1. The Morgan fingerprint density at radius 3 is 2.89 bits per heavy atom. The van der Waals surface area contributed by atoms with Crippen molar-refractivity contribution in [3.05, 3.63) is 11.1 Å². The molecule has 0 fully saturated rings. The lowest BCUT2D eigenvalue weighted by atomic mass is 10.3. The van der Waals surface area contributed by atoms with Gasteiger partial charge in [-0.2, -0.15) is 0 Å². The van der Waals surface area contributed by atoms with Crippen molar-refractivity contribution in [3.8, 4) is 0 Å². The molecule has 0 atom stereocenters. The third kappa shape index (κ3) is 6.30. The van der Waals surface area contributed by atoms with Gasteiger partial charge < -0.3 is 15.0 Å². The number of hydrogen-bond acceptors (Lipinski definition) is 6. The fraction of sp³-hybridized carbons (Fsp3) is 0.583. The lowest BCUT2D eigenvalue weighted by Crippen LogP contribution is -2.20. The second kappa shape index (κ2) is 7.85. The van der Waals surface area contributed by atoms with E-state index in [1.807, 2.05) is 12.4 Å². The molecular formula is C12H19N3O3S. The highest BCUT2D eigenvalue weighted by molar-refractivity contribution is 7.13.